The third kappa shape index (κ3) is 1.78. The molecule has 0 aromatic carbocycles. The van der Waals surface area contributed by atoms with E-state index in [9.17, 15) is 13.2 Å². The van der Waals surface area contributed by atoms with Gasteiger partial charge in [0.2, 0.25) is 0 Å². The van der Waals surface area contributed by atoms with E-state index >= 15 is 0 Å². The number of pyridine rings is 1. The van der Waals surface area contributed by atoms with E-state index in [0.29, 0.717) is 6.07 Å². The number of nitrogens with zero attached hydrogens (tertiary/aromatic N) is 2. The van der Waals surface area contributed by atoms with Crippen LogP contribution in [0.4, 0.5) is 13.2 Å². The van der Waals surface area contributed by atoms with Crippen molar-refractivity contribution in [2.75, 3.05) is 0 Å². The molecular weight excluding hydrogens is 181 g/mol. The quantitative estimate of drug-likeness (QED) is 0.674. The van der Waals surface area contributed by atoms with Crippen molar-refractivity contribution in [1.82, 2.24) is 4.98 Å². The number of aryl methyl sites for hydroxylation is 1. The molecule has 0 fully saturated rings. The first kappa shape index (κ1) is 9.52. The van der Waals surface area contributed by atoms with Crippen LogP contribution >= 0.6 is 0 Å². The molecule has 2 nitrogen and oxygen atoms in total. The minimum Gasteiger partial charge on any atom is -0.242 e. The molecule has 1 aromatic heterocycles. The maximum atomic E-state index is 12.9. The van der Waals surface area contributed by atoms with Gasteiger partial charge in [-0.15, -0.1) is 0 Å². The van der Waals surface area contributed by atoms with Crippen LogP contribution in [0.1, 0.15) is 23.4 Å². The van der Waals surface area contributed by atoms with Crippen molar-refractivity contribution in [3.63, 3.8) is 0 Å². The molecule has 0 aliphatic carbocycles. The van der Waals surface area contributed by atoms with Gasteiger partial charge >= 0.3 is 0 Å². The molecule has 5 heteroatoms. The Morgan fingerprint density at radius 2 is 2.15 bits per heavy atom. The summed E-state index contributed by atoms with van der Waals surface area (Å²) < 4.78 is 37.2. The molecular formula is C8H5F3N2. The van der Waals surface area contributed by atoms with Crippen LogP contribution in [-0.2, 0) is 0 Å². The summed E-state index contributed by atoms with van der Waals surface area (Å²) in [4.78, 5) is 3.49. The average molecular weight is 186 g/mol. The number of hydrogen-bond donors (Lipinski definition) is 0. The highest BCUT2D eigenvalue weighted by atomic mass is 19.3. The molecule has 0 atom stereocenters. The Morgan fingerprint density at radius 3 is 2.54 bits per heavy atom. The first-order valence-electron chi connectivity index (χ1n) is 3.41. The molecule has 68 valence electrons. The summed E-state index contributed by atoms with van der Waals surface area (Å²) in [7, 11) is 0. The Hall–Kier alpha value is -1.57. The van der Waals surface area contributed by atoms with Crippen molar-refractivity contribution in [2.24, 2.45) is 0 Å². The number of nitriles is 1. The Morgan fingerprint density at radius 1 is 1.54 bits per heavy atom. The van der Waals surface area contributed by atoms with E-state index in [2.05, 4.69) is 4.98 Å². The summed E-state index contributed by atoms with van der Waals surface area (Å²) in [5, 5.41) is 8.35. The minimum absolute atomic E-state index is 0.147. The standard InChI is InChI=1S/C8H5F3N2/c1-4-7(8(10)11)6(9)2-5(3-12)13-4/h2,8H,1H3. The Bertz CT molecular complexity index is 345. The Kier molecular flexibility index (Phi) is 2.52. The molecule has 0 amide bonds. The zero-order valence-corrected chi connectivity index (χ0v) is 6.68. The number of rotatable bonds is 1. The molecule has 0 unspecified atom stereocenters. The second-order valence-electron chi connectivity index (χ2n) is 2.40. The van der Waals surface area contributed by atoms with Gasteiger partial charge in [-0.1, -0.05) is 0 Å². The van der Waals surface area contributed by atoms with E-state index in [-0.39, 0.29) is 11.4 Å². The SMILES string of the molecule is Cc1nc(C#N)cc(F)c1C(F)F. The van der Waals surface area contributed by atoms with E-state index in [1.807, 2.05) is 0 Å². The molecule has 0 radical (unpaired) electrons. The zero-order valence-electron chi connectivity index (χ0n) is 6.68. The van der Waals surface area contributed by atoms with Crippen LogP contribution in [0.2, 0.25) is 0 Å². The number of aromatic nitrogens is 1. The van der Waals surface area contributed by atoms with Gasteiger partial charge in [-0.25, -0.2) is 18.2 Å². The third-order valence-electron chi connectivity index (χ3n) is 1.53. The van der Waals surface area contributed by atoms with Gasteiger partial charge in [0.15, 0.2) is 0 Å². The Labute approximate surface area is 72.6 Å². The molecule has 13 heavy (non-hydrogen) atoms. The van der Waals surface area contributed by atoms with Crippen molar-refractivity contribution in [3.8, 4) is 6.07 Å². The summed E-state index contributed by atoms with van der Waals surface area (Å²) in [6, 6.07) is 2.28. The molecule has 0 aliphatic rings. The molecule has 1 rings (SSSR count). The van der Waals surface area contributed by atoms with Crippen molar-refractivity contribution in [2.45, 2.75) is 13.3 Å². The monoisotopic (exact) mass is 186 g/mol. The van der Waals surface area contributed by atoms with E-state index in [4.69, 9.17) is 5.26 Å². The van der Waals surface area contributed by atoms with Gasteiger partial charge in [-0.2, -0.15) is 5.26 Å². The van der Waals surface area contributed by atoms with Crippen LogP contribution in [0.15, 0.2) is 6.07 Å². The van der Waals surface area contributed by atoms with Gasteiger partial charge in [-0.3, -0.25) is 0 Å². The maximum absolute atomic E-state index is 12.9. The fourth-order valence-corrected chi connectivity index (χ4v) is 0.963. The molecule has 0 N–H and O–H groups in total. The molecule has 0 saturated heterocycles. The van der Waals surface area contributed by atoms with Crippen LogP contribution in [-0.4, -0.2) is 4.98 Å². The minimum atomic E-state index is -2.90. The summed E-state index contributed by atoms with van der Waals surface area (Å²) in [5.74, 6) is -1.08. The second-order valence-corrected chi connectivity index (χ2v) is 2.40. The van der Waals surface area contributed by atoms with Crippen LogP contribution in [0.25, 0.3) is 0 Å². The molecule has 0 bridgehead atoms. The van der Waals surface area contributed by atoms with Gasteiger partial charge in [-0.05, 0) is 6.92 Å². The van der Waals surface area contributed by atoms with Crippen LogP contribution in [0.5, 0.6) is 0 Å². The highest BCUT2D eigenvalue weighted by molar-refractivity contribution is 5.30. The molecule has 0 aliphatic heterocycles. The zero-order chi connectivity index (χ0) is 10.0. The van der Waals surface area contributed by atoms with Crippen molar-refractivity contribution >= 4 is 0 Å². The van der Waals surface area contributed by atoms with Gasteiger partial charge in [0.25, 0.3) is 6.43 Å². The lowest BCUT2D eigenvalue weighted by atomic mass is 10.2. The highest BCUT2D eigenvalue weighted by Gasteiger charge is 2.18. The molecule has 1 heterocycles. The van der Waals surface area contributed by atoms with Crippen molar-refractivity contribution in [1.29, 1.82) is 5.26 Å². The molecule has 0 spiro atoms. The van der Waals surface area contributed by atoms with Gasteiger partial charge in [0, 0.05) is 6.07 Å². The van der Waals surface area contributed by atoms with Crippen molar-refractivity contribution < 1.29 is 13.2 Å². The summed E-state index contributed by atoms with van der Waals surface area (Å²) in [5.41, 5.74) is -1.08. The summed E-state index contributed by atoms with van der Waals surface area (Å²) >= 11 is 0. The fraction of sp³-hybridized carbons (Fsp3) is 0.250. The lowest BCUT2D eigenvalue weighted by Crippen LogP contribution is -2.00. The maximum Gasteiger partial charge on any atom is 0.268 e. The van der Waals surface area contributed by atoms with Gasteiger partial charge in [0.05, 0.1) is 11.3 Å². The smallest absolute Gasteiger partial charge is 0.242 e. The first-order chi connectivity index (χ1) is 6.06. The predicted molar refractivity (Wildman–Crippen MR) is 38.6 cm³/mol. The van der Waals surface area contributed by atoms with E-state index in [0.717, 1.165) is 0 Å². The van der Waals surface area contributed by atoms with E-state index < -0.39 is 17.8 Å². The lowest BCUT2D eigenvalue weighted by molar-refractivity contribution is 0.145. The van der Waals surface area contributed by atoms with Gasteiger partial charge < -0.3 is 0 Å². The predicted octanol–water partition coefficient (Wildman–Crippen LogP) is 2.34. The number of hydrogen-bond acceptors (Lipinski definition) is 2. The van der Waals surface area contributed by atoms with Crippen LogP contribution < -0.4 is 0 Å². The fourth-order valence-electron chi connectivity index (χ4n) is 0.963. The van der Waals surface area contributed by atoms with E-state index in [1.54, 1.807) is 6.07 Å². The van der Waals surface area contributed by atoms with E-state index in [1.165, 1.54) is 6.92 Å². The average Bonchev–Trinajstić information content (AvgIpc) is 2.02. The topological polar surface area (TPSA) is 36.7 Å². The number of halogens is 3. The van der Waals surface area contributed by atoms with Crippen molar-refractivity contribution in [3.05, 3.63) is 28.8 Å². The van der Waals surface area contributed by atoms with Crippen LogP contribution in [0, 0.1) is 24.1 Å². The summed E-state index contributed by atoms with van der Waals surface area (Å²) in [6.07, 6.45) is -2.90. The largest absolute Gasteiger partial charge is 0.268 e. The molecule has 0 saturated carbocycles. The number of alkyl halides is 2. The Balaban J connectivity index is 3.33. The third-order valence-corrected chi connectivity index (χ3v) is 1.53. The lowest BCUT2D eigenvalue weighted by Gasteiger charge is -2.04. The summed E-state index contributed by atoms with van der Waals surface area (Å²) in [6.45, 7) is 1.24. The van der Waals surface area contributed by atoms with Crippen LogP contribution in [0.3, 0.4) is 0 Å². The van der Waals surface area contributed by atoms with Gasteiger partial charge in [0.1, 0.15) is 17.6 Å². The molecule has 1 aromatic rings. The normalized spacial score (nSPS) is 10.2. The highest BCUT2D eigenvalue weighted by Crippen LogP contribution is 2.24. The first-order valence-corrected chi connectivity index (χ1v) is 3.41. The second kappa shape index (κ2) is 3.44.